The lowest BCUT2D eigenvalue weighted by Crippen LogP contribution is -2.52. The van der Waals surface area contributed by atoms with Crippen molar-refractivity contribution >= 4 is 55.1 Å². The second-order valence-corrected chi connectivity index (χ2v) is 14.9. The molecule has 0 radical (unpaired) electrons. The van der Waals surface area contributed by atoms with Gasteiger partial charge in [0.2, 0.25) is 11.8 Å². The molecule has 4 aromatic carbocycles. The van der Waals surface area contributed by atoms with Crippen LogP contribution in [-0.4, -0.2) is 66.8 Å². The molecule has 0 bridgehead atoms. The molecule has 0 spiro atoms. The molecule has 1 aromatic heterocycles. The maximum absolute atomic E-state index is 12.9. The standard InChI is InChI=1S/C41H39BrN2O8S/c42-29-7-5-27(6-8-29)39-38(34-15-9-30(45)24-36(34)53-39)52-32-12-10-31(11-13-32)51-22-21-50-20-19-49-18-2-1-3-26-4-14-33-28(23-26)25-44(41(33)48)35-16-17-37(46)43-40(35)47/h4-15,23-24,35,45H,1-3,16-22,25H2,(H,43,46,47). The van der Waals surface area contributed by atoms with Gasteiger partial charge in [0.15, 0.2) is 5.75 Å². The third-order valence-electron chi connectivity index (χ3n) is 9.24. The Kier molecular flexibility index (Phi) is 11.7. The number of hydrogen-bond donors (Lipinski definition) is 2. The Hall–Kier alpha value is -4.75. The van der Waals surface area contributed by atoms with Crippen LogP contribution in [0.2, 0.25) is 0 Å². The number of nitrogens with zero attached hydrogens (tertiary/aromatic N) is 1. The number of benzene rings is 4. The van der Waals surface area contributed by atoms with Crippen LogP contribution in [-0.2, 0) is 32.0 Å². The predicted octanol–water partition coefficient (Wildman–Crippen LogP) is 8.02. The molecule has 1 atom stereocenters. The highest BCUT2D eigenvalue weighted by molar-refractivity contribution is 9.10. The molecule has 12 heteroatoms. The van der Waals surface area contributed by atoms with E-state index in [4.69, 9.17) is 18.9 Å². The molecular weight excluding hydrogens is 760 g/mol. The number of hydrogen-bond acceptors (Lipinski definition) is 9. The Balaban J connectivity index is 0.777. The third-order valence-corrected chi connectivity index (χ3v) is 11.0. The van der Waals surface area contributed by atoms with Gasteiger partial charge in [-0.2, -0.15) is 0 Å². The Morgan fingerprint density at radius 1 is 0.830 bits per heavy atom. The van der Waals surface area contributed by atoms with Crippen molar-refractivity contribution < 1.29 is 38.4 Å². The molecule has 1 saturated heterocycles. The van der Waals surface area contributed by atoms with Crippen LogP contribution in [0.5, 0.6) is 23.0 Å². The van der Waals surface area contributed by atoms with E-state index in [-0.39, 0.29) is 24.0 Å². The van der Waals surface area contributed by atoms with Gasteiger partial charge in [-0.15, -0.1) is 11.3 Å². The molecule has 0 saturated carbocycles. The fraction of sp³-hybridized carbons (Fsp3) is 0.293. The molecule has 1 fully saturated rings. The minimum absolute atomic E-state index is 0.150. The van der Waals surface area contributed by atoms with Gasteiger partial charge in [-0.1, -0.05) is 40.2 Å². The molecule has 3 heterocycles. The van der Waals surface area contributed by atoms with E-state index in [1.165, 1.54) is 0 Å². The molecule has 2 aliphatic rings. The van der Waals surface area contributed by atoms with Crippen LogP contribution in [0.1, 0.15) is 47.2 Å². The number of aromatic hydroxyl groups is 1. The molecule has 274 valence electrons. The number of ether oxygens (including phenoxy) is 4. The first-order valence-electron chi connectivity index (χ1n) is 17.7. The van der Waals surface area contributed by atoms with Crippen LogP contribution in [0.15, 0.2) is 89.4 Å². The zero-order chi connectivity index (χ0) is 36.7. The first kappa shape index (κ1) is 36.6. The topological polar surface area (TPSA) is 124 Å². The lowest BCUT2D eigenvalue weighted by atomic mass is 10.0. The lowest BCUT2D eigenvalue weighted by molar-refractivity contribution is -0.136. The normalized spacial score (nSPS) is 15.5. The number of fused-ring (bicyclic) bond motifs is 2. The smallest absolute Gasteiger partial charge is 0.255 e. The van der Waals surface area contributed by atoms with Crippen molar-refractivity contribution in [2.45, 2.75) is 44.7 Å². The van der Waals surface area contributed by atoms with Gasteiger partial charge in [-0.05, 0) is 103 Å². The number of imide groups is 1. The summed E-state index contributed by atoms with van der Waals surface area (Å²) in [6, 6.07) is 26.2. The van der Waals surface area contributed by atoms with Gasteiger partial charge in [0.05, 0.1) is 24.7 Å². The molecule has 0 aliphatic carbocycles. The Morgan fingerprint density at radius 3 is 2.38 bits per heavy atom. The van der Waals surface area contributed by atoms with Crippen molar-refractivity contribution in [3.8, 4) is 33.4 Å². The highest BCUT2D eigenvalue weighted by Gasteiger charge is 2.39. The summed E-state index contributed by atoms with van der Waals surface area (Å²) in [6.07, 6.45) is 3.33. The average Bonchev–Trinajstić information content (AvgIpc) is 3.67. The summed E-state index contributed by atoms with van der Waals surface area (Å²) in [4.78, 5) is 39.3. The molecule has 10 nitrogen and oxygen atoms in total. The molecular formula is C41H39BrN2O8S. The number of thiophene rings is 1. The summed E-state index contributed by atoms with van der Waals surface area (Å²) in [6.45, 7) is 2.85. The van der Waals surface area contributed by atoms with Gasteiger partial charge in [-0.25, -0.2) is 0 Å². The number of phenols is 1. The highest BCUT2D eigenvalue weighted by Crippen LogP contribution is 2.47. The number of rotatable bonds is 16. The molecule has 1 unspecified atom stereocenters. The van der Waals surface area contributed by atoms with Gasteiger partial charge in [-0.3, -0.25) is 19.7 Å². The van der Waals surface area contributed by atoms with E-state index < -0.39 is 11.9 Å². The Bertz CT molecular complexity index is 2100. The summed E-state index contributed by atoms with van der Waals surface area (Å²) < 4.78 is 25.6. The van der Waals surface area contributed by atoms with E-state index in [0.29, 0.717) is 63.1 Å². The molecule has 2 aliphatic heterocycles. The van der Waals surface area contributed by atoms with E-state index in [1.54, 1.807) is 28.4 Å². The zero-order valence-corrected chi connectivity index (χ0v) is 31.4. The van der Waals surface area contributed by atoms with Crippen molar-refractivity contribution in [3.05, 3.63) is 106 Å². The molecule has 3 amide bonds. The van der Waals surface area contributed by atoms with E-state index in [1.807, 2.05) is 66.7 Å². The van der Waals surface area contributed by atoms with E-state index in [2.05, 4.69) is 27.3 Å². The van der Waals surface area contributed by atoms with Crippen LogP contribution in [0.25, 0.3) is 20.5 Å². The highest BCUT2D eigenvalue weighted by atomic mass is 79.9. The van der Waals surface area contributed by atoms with Crippen LogP contribution in [0, 0.1) is 0 Å². The number of aryl methyl sites for hydroxylation is 1. The number of nitrogens with one attached hydrogen (secondary N) is 1. The van der Waals surface area contributed by atoms with Crippen molar-refractivity contribution in [2.75, 3.05) is 33.0 Å². The van der Waals surface area contributed by atoms with Crippen LogP contribution >= 0.6 is 27.3 Å². The van der Waals surface area contributed by atoms with Gasteiger partial charge in [0, 0.05) is 39.7 Å². The van der Waals surface area contributed by atoms with E-state index in [0.717, 1.165) is 61.1 Å². The summed E-state index contributed by atoms with van der Waals surface area (Å²) in [5.41, 5.74) is 3.74. The van der Waals surface area contributed by atoms with Crippen molar-refractivity contribution in [3.63, 3.8) is 0 Å². The molecule has 7 rings (SSSR count). The van der Waals surface area contributed by atoms with Crippen LogP contribution in [0.3, 0.4) is 0 Å². The zero-order valence-electron chi connectivity index (χ0n) is 29.0. The van der Waals surface area contributed by atoms with Crippen LogP contribution in [0.4, 0.5) is 0 Å². The van der Waals surface area contributed by atoms with Crippen molar-refractivity contribution in [2.24, 2.45) is 0 Å². The molecule has 53 heavy (non-hydrogen) atoms. The summed E-state index contributed by atoms with van der Waals surface area (Å²) >= 11 is 5.08. The molecule has 5 aromatic rings. The second kappa shape index (κ2) is 16.9. The minimum atomic E-state index is -0.598. The number of phenolic OH excluding ortho intramolecular Hbond substituents is 1. The maximum atomic E-state index is 12.9. The minimum Gasteiger partial charge on any atom is -0.508 e. The first-order valence-corrected chi connectivity index (χ1v) is 19.3. The lowest BCUT2D eigenvalue weighted by Gasteiger charge is -2.29. The number of unbranched alkanes of at least 4 members (excludes halogenated alkanes) is 1. The largest absolute Gasteiger partial charge is 0.508 e. The maximum Gasteiger partial charge on any atom is 0.255 e. The Labute approximate surface area is 319 Å². The average molecular weight is 800 g/mol. The number of carbonyl (C=O) groups is 3. The number of amides is 3. The Morgan fingerprint density at radius 2 is 1.58 bits per heavy atom. The first-order chi connectivity index (χ1) is 25.8. The number of halogens is 1. The van der Waals surface area contributed by atoms with Crippen LogP contribution < -0.4 is 14.8 Å². The summed E-state index contributed by atoms with van der Waals surface area (Å²) in [5, 5.41) is 13.3. The van der Waals surface area contributed by atoms with Gasteiger partial charge >= 0.3 is 0 Å². The van der Waals surface area contributed by atoms with Gasteiger partial charge < -0.3 is 29.0 Å². The number of carbonyl (C=O) groups excluding carboxylic acids is 3. The monoisotopic (exact) mass is 798 g/mol. The van der Waals surface area contributed by atoms with Gasteiger partial charge in [0.25, 0.3) is 5.91 Å². The third kappa shape index (κ3) is 8.90. The summed E-state index contributed by atoms with van der Waals surface area (Å²) in [5.74, 6) is 1.53. The van der Waals surface area contributed by atoms with Gasteiger partial charge in [0.1, 0.15) is 29.9 Å². The quantitative estimate of drug-likeness (QED) is 0.0760. The van der Waals surface area contributed by atoms with Crippen molar-refractivity contribution in [1.29, 1.82) is 0 Å². The molecule has 2 N–H and O–H groups in total. The predicted molar refractivity (Wildman–Crippen MR) is 206 cm³/mol. The van der Waals surface area contributed by atoms with E-state index in [9.17, 15) is 19.5 Å². The fourth-order valence-corrected chi connectivity index (χ4v) is 7.97. The van der Waals surface area contributed by atoms with E-state index >= 15 is 0 Å². The van der Waals surface area contributed by atoms with Crippen molar-refractivity contribution in [1.82, 2.24) is 10.2 Å². The SMILES string of the molecule is O=C1CCC(N2Cc3cc(CCCCOCCOCCOc4ccc(Oc5c(-c6ccc(Br)cc6)sc6cc(O)ccc56)cc4)ccc3C2=O)C(=O)N1. The summed E-state index contributed by atoms with van der Waals surface area (Å²) in [7, 11) is 0. The fourth-order valence-electron chi connectivity index (χ4n) is 6.53. The second-order valence-electron chi connectivity index (χ2n) is 12.9. The number of piperidine rings is 1.